The first-order valence-electron chi connectivity index (χ1n) is 8.71. The summed E-state index contributed by atoms with van der Waals surface area (Å²) in [5.74, 6) is 0.582. The smallest absolute Gasteiger partial charge is 0.225 e. The zero-order chi connectivity index (χ0) is 16.5. The third kappa shape index (κ3) is 2.88. The minimum Gasteiger partial charge on any atom is -0.349 e. The number of hydrogen-bond donors (Lipinski definition) is 2. The van der Waals surface area contributed by atoms with Gasteiger partial charge in [0.25, 0.3) is 0 Å². The highest BCUT2D eigenvalue weighted by atomic mass is 16.2. The number of benzene rings is 1. The maximum atomic E-state index is 12.4. The number of para-hydroxylation sites is 2. The van der Waals surface area contributed by atoms with Crippen molar-refractivity contribution in [1.29, 1.82) is 0 Å². The van der Waals surface area contributed by atoms with Crippen molar-refractivity contribution in [3.8, 4) is 0 Å². The molecule has 0 radical (unpaired) electrons. The molecule has 2 aromatic rings. The Kier molecular flexibility index (Phi) is 3.96. The van der Waals surface area contributed by atoms with Gasteiger partial charge in [0.1, 0.15) is 5.82 Å². The lowest BCUT2D eigenvalue weighted by molar-refractivity contribution is -0.130. The maximum Gasteiger partial charge on any atom is 0.225 e. The quantitative estimate of drug-likeness (QED) is 0.902. The molecule has 1 saturated carbocycles. The van der Waals surface area contributed by atoms with Crippen LogP contribution in [0.25, 0.3) is 11.0 Å². The number of carbonyl (C=O) groups is 2. The summed E-state index contributed by atoms with van der Waals surface area (Å²) >= 11 is 0. The van der Waals surface area contributed by atoms with E-state index in [-0.39, 0.29) is 17.7 Å². The summed E-state index contributed by atoms with van der Waals surface area (Å²) in [5, 5.41) is 2.92. The van der Waals surface area contributed by atoms with Gasteiger partial charge in [-0.25, -0.2) is 4.98 Å². The Bertz CT molecular complexity index is 730. The fourth-order valence-corrected chi connectivity index (χ4v) is 3.88. The van der Waals surface area contributed by atoms with Crippen LogP contribution in [0.3, 0.4) is 0 Å². The van der Waals surface area contributed by atoms with Gasteiger partial charge in [-0.3, -0.25) is 9.59 Å². The second-order valence-corrected chi connectivity index (χ2v) is 6.80. The van der Waals surface area contributed by atoms with Crippen molar-refractivity contribution >= 4 is 22.8 Å². The molecule has 6 nitrogen and oxygen atoms in total. The molecule has 2 N–H and O–H groups in total. The van der Waals surface area contributed by atoms with Crippen molar-refractivity contribution in [2.45, 2.75) is 44.7 Å². The van der Waals surface area contributed by atoms with E-state index in [1.807, 2.05) is 29.2 Å². The molecular weight excluding hydrogens is 304 g/mol. The minimum absolute atomic E-state index is 0.0516. The number of aromatic amines is 1. The highest BCUT2D eigenvalue weighted by Gasteiger charge is 2.38. The average molecular weight is 326 g/mol. The van der Waals surface area contributed by atoms with Crippen molar-refractivity contribution in [3.05, 3.63) is 30.1 Å². The lowest BCUT2D eigenvalue weighted by Gasteiger charge is -2.23. The first-order chi connectivity index (χ1) is 11.7. The lowest BCUT2D eigenvalue weighted by Crippen LogP contribution is -2.36. The number of nitrogens with one attached hydrogen (secondary N) is 2. The van der Waals surface area contributed by atoms with Gasteiger partial charge in [-0.2, -0.15) is 0 Å². The average Bonchev–Trinajstić information content (AvgIpc) is 3.30. The van der Waals surface area contributed by atoms with Crippen LogP contribution in [0.4, 0.5) is 0 Å². The minimum atomic E-state index is -0.234. The van der Waals surface area contributed by atoms with Crippen LogP contribution in [0.5, 0.6) is 0 Å². The van der Waals surface area contributed by atoms with E-state index in [1.165, 1.54) is 12.8 Å². The summed E-state index contributed by atoms with van der Waals surface area (Å²) in [6.07, 6.45) is 4.88. The molecule has 4 rings (SSSR count). The molecule has 1 aliphatic carbocycles. The molecule has 1 aromatic heterocycles. The molecule has 1 aliphatic heterocycles. The van der Waals surface area contributed by atoms with Crippen LogP contribution in [-0.4, -0.2) is 39.3 Å². The Balaban J connectivity index is 1.35. The number of imidazole rings is 1. The van der Waals surface area contributed by atoms with Crippen molar-refractivity contribution in [1.82, 2.24) is 20.2 Å². The molecule has 1 aromatic carbocycles. The van der Waals surface area contributed by atoms with Gasteiger partial charge in [0.05, 0.1) is 23.5 Å². The van der Waals surface area contributed by atoms with Gasteiger partial charge in [0.15, 0.2) is 0 Å². The second kappa shape index (κ2) is 6.26. The fourth-order valence-electron chi connectivity index (χ4n) is 3.88. The zero-order valence-electron chi connectivity index (χ0n) is 13.6. The predicted molar refractivity (Wildman–Crippen MR) is 90.0 cm³/mol. The number of H-pyrrole nitrogens is 1. The van der Waals surface area contributed by atoms with Crippen LogP contribution in [0, 0.1) is 5.92 Å². The molecule has 1 saturated heterocycles. The van der Waals surface area contributed by atoms with Crippen molar-refractivity contribution in [3.63, 3.8) is 0 Å². The molecule has 0 bridgehead atoms. The van der Waals surface area contributed by atoms with E-state index >= 15 is 0 Å². The molecule has 2 amide bonds. The van der Waals surface area contributed by atoms with Crippen LogP contribution in [0.2, 0.25) is 0 Å². The molecule has 2 fully saturated rings. The second-order valence-electron chi connectivity index (χ2n) is 6.80. The molecule has 6 heteroatoms. The third-order valence-electron chi connectivity index (χ3n) is 5.16. The Labute approximate surface area is 140 Å². The molecule has 0 spiro atoms. The van der Waals surface area contributed by atoms with Crippen LogP contribution in [-0.2, 0) is 16.1 Å². The molecular formula is C18H22N4O2. The largest absolute Gasteiger partial charge is 0.349 e. The number of aromatic nitrogens is 2. The van der Waals surface area contributed by atoms with Crippen LogP contribution < -0.4 is 5.32 Å². The number of carbonyl (C=O) groups excluding carboxylic acids is 2. The molecule has 1 unspecified atom stereocenters. The standard InChI is InChI=1S/C18H22N4O2/c23-17-9-12(11-22(17)13-5-1-2-6-13)18(24)19-10-16-20-14-7-3-4-8-15(14)21-16/h3-4,7-8,12-13H,1-2,5-6,9-11H2,(H,19,24)(H,20,21). The summed E-state index contributed by atoms with van der Waals surface area (Å²) < 4.78 is 0. The molecule has 1 atom stereocenters. The highest BCUT2D eigenvalue weighted by Crippen LogP contribution is 2.29. The zero-order valence-corrected chi connectivity index (χ0v) is 13.6. The lowest BCUT2D eigenvalue weighted by atomic mass is 10.1. The Hall–Kier alpha value is -2.37. The van der Waals surface area contributed by atoms with Gasteiger partial charge in [0, 0.05) is 19.0 Å². The monoisotopic (exact) mass is 326 g/mol. The number of hydrogen-bond acceptors (Lipinski definition) is 3. The molecule has 126 valence electrons. The third-order valence-corrected chi connectivity index (χ3v) is 5.16. The van der Waals surface area contributed by atoms with E-state index in [0.29, 0.717) is 25.6 Å². The number of nitrogens with zero attached hydrogens (tertiary/aromatic N) is 2. The van der Waals surface area contributed by atoms with E-state index < -0.39 is 0 Å². The Morgan fingerprint density at radius 3 is 2.88 bits per heavy atom. The molecule has 2 heterocycles. The molecule has 24 heavy (non-hydrogen) atoms. The van der Waals surface area contributed by atoms with Crippen LogP contribution >= 0.6 is 0 Å². The summed E-state index contributed by atoms with van der Waals surface area (Å²) in [5.41, 5.74) is 1.86. The highest BCUT2D eigenvalue weighted by molar-refractivity contribution is 5.89. The van der Waals surface area contributed by atoms with E-state index in [1.54, 1.807) is 0 Å². The van der Waals surface area contributed by atoms with E-state index in [4.69, 9.17) is 0 Å². The van der Waals surface area contributed by atoms with E-state index in [9.17, 15) is 9.59 Å². The predicted octanol–water partition coefficient (Wildman–Crippen LogP) is 1.97. The maximum absolute atomic E-state index is 12.4. The van der Waals surface area contributed by atoms with Gasteiger partial charge < -0.3 is 15.2 Å². The topological polar surface area (TPSA) is 78.1 Å². The summed E-state index contributed by atoms with van der Waals surface area (Å²) in [6.45, 7) is 0.928. The van der Waals surface area contributed by atoms with E-state index in [2.05, 4.69) is 15.3 Å². The van der Waals surface area contributed by atoms with Gasteiger partial charge >= 0.3 is 0 Å². The Morgan fingerprint density at radius 2 is 2.08 bits per heavy atom. The summed E-state index contributed by atoms with van der Waals surface area (Å²) in [7, 11) is 0. The summed E-state index contributed by atoms with van der Waals surface area (Å²) in [6, 6.07) is 8.14. The normalized spacial score (nSPS) is 21.8. The number of rotatable bonds is 4. The van der Waals surface area contributed by atoms with Gasteiger partial charge in [-0.1, -0.05) is 25.0 Å². The SMILES string of the molecule is O=C(NCc1nc2ccccc2[nH]1)C1CC(=O)N(C2CCCC2)C1. The van der Waals surface area contributed by atoms with Crippen molar-refractivity contribution < 1.29 is 9.59 Å². The number of fused-ring (bicyclic) bond motifs is 1. The first kappa shape index (κ1) is 15.2. The number of amides is 2. The number of likely N-dealkylation sites (tertiary alicyclic amines) is 1. The van der Waals surface area contributed by atoms with E-state index in [0.717, 1.165) is 29.7 Å². The first-order valence-corrected chi connectivity index (χ1v) is 8.71. The van der Waals surface area contributed by atoms with Crippen LogP contribution in [0.1, 0.15) is 37.9 Å². The van der Waals surface area contributed by atoms with Gasteiger partial charge in [0.2, 0.25) is 11.8 Å². The van der Waals surface area contributed by atoms with Gasteiger partial charge in [-0.15, -0.1) is 0 Å². The van der Waals surface area contributed by atoms with Crippen LogP contribution in [0.15, 0.2) is 24.3 Å². The Morgan fingerprint density at radius 1 is 1.29 bits per heavy atom. The molecule has 2 aliphatic rings. The van der Waals surface area contributed by atoms with Crippen molar-refractivity contribution in [2.24, 2.45) is 5.92 Å². The summed E-state index contributed by atoms with van der Waals surface area (Å²) in [4.78, 5) is 34.2. The van der Waals surface area contributed by atoms with Gasteiger partial charge in [-0.05, 0) is 25.0 Å². The van der Waals surface area contributed by atoms with Crippen molar-refractivity contribution in [2.75, 3.05) is 6.54 Å². The fraction of sp³-hybridized carbons (Fsp3) is 0.500.